The topological polar surface area (TPSA) is 52.6 Å². The van der Waals surface area contributed by atoms with Crippen LogP contribution >= 0.6 is 15.9 Å². The van der Waals surface area contributed by atoms with Crippen molar-refractivity contribution in [2.75, 3.05) is 14.2 Å². The van der Waals surface area contributed by atoms with E-state index in [0.29, 0.717) is 22.0 Å². The molecule has 1 aromatic carbocycles. The number of hydrogen-bond acceptors (Lipinski definition) is 4. The molecule has 5 heteroatoms. The molecule has 0 saturated heterocycles. The molecule has 0 spiro atoms. The molecule has 92 valence electrons. The van der Waals surface area contributed by atoms with Crippen LogP contribution in [-0.2, 0) is 14.8 Å². The van der Waals surface area contributed by atoms with E-state index < -0.39 is 11.9 Å². The summed E-state index contributed by atoms with van der Waals surface area (Å²) in [7, 11) is 2.61. The van der Waals surface area contributed by atoms with E-state index >= 15 is 0 Å². The van der Waals surface area contributed by atoms with Gasteiger partial charge in [-0.3, -0.25) is 0 Å². The van der Waals surface area contributed by atoms with E-state index in [0.717, 1.165) is 5.56 Å². The average Bonchev–Trinajstić information content (AvgIpc) is 2.37. The van der Waals surface area contributed by atoms with Crippen LogP contribution in [0.15, 0.2) is 12.1 Å². The van der Waals surface area contributed by atoms with Crippen molar-refractivity contribution < 1.29 is 19.1 Å². The Balaban J connectivity index is 3.40. The van der Waals surface area contributed by atoms with Crippen molar-refractivity contribution in [3.63, 3.8) is 0 Å². The van der Waals surface area contributed by atoms with Crippen LogP contribution in [0.2, 0.25) is 0 Å². The lowest BCUT2D eigenvalue weighted by atomic mass is 9.99. The standard InChI is InChI=1S/C12H13BrO4/c1-7-9(11(14)16-2)4-8(6-13)5-10(7)12(15)17-3/h4-5H,6H2,1-3H3. The van der Waals surface area contributed by atoms with Crippen LogP contribution in [0.4, 0.5) is 0 Å². The van der Waals surface area contributed by atoms with E-state index in [-0.39, 0.29) is 0 Å². The van der Waals surface area contributed by atoms with Gasteiger partial charge in [0.1, 0.15) is 0 Å². The summed E-state index contributed by atoms with van der Waals surface area (Å²) >= 11 is 3.29. The third-order valence-electron chi connectivity index (χ3n) is 2.43. The van der Waals surface area contributed by atoms with Gasteiger partial charge in [0.15, 0.2) is 0 Å². The Morgan fingerprint density at radius 2 is 1.53 bits per heavy atom. The Kier molecular flexibility index (Phi) is 4.69. The van der Waals surface area contributed by atoms with Crippen LogP contribution in [0.25, 0.3) is 0 Å². The minimum Gasteiger partial charge on any atom is -0.465 e. The number of methoxy groups -OCH3 is 2. The third kappa shape index (κ3) is 2.85. The number of carbonyl (C=O) groups excluding carboxylic acids is 2. The Morgan fingerprint density at radius 3 is 1.82 bits per heavy atom. The largest absolute Gasteiger partial charge is 0.465 e. The first-order chi connectivity index (χ1) is 8.04. The van der Waals surface area contributed by atoms with Crippen molar-refractivity contribution in [2.24, 2.45) is 0 Å². The summed E-state index contributed by atoms with van der Waals surface area (Å²) in [4.78, 5) is 23.2. The molecule has 1 rings (SSSR count). The number of esters is 2. The molecule has 0 aromatic heterocycles. The molecule has 0 atom stereocenters. The van der Waals surface area contributed by atoms with Gasteiger partial charge in [0.05, 0.1) is 25.3 Å². The van der Waals surface area contributed by atoms with Gasteiger partial charge >= 0.3 is 11.9 Å². The molecular formula is C12H13BrO4. The van der Waals surface area contributed by atoms with E-state index in [1.165, 1.54) is 14.2 Å². The number of carbonyl (C=O) groups is 2. The van der Waals surface area contributed by atoms with E-state index in [1.807, 2.05) is 0 Å². The van der Waals surface area contributed by atoms with Crippen LogP contribution in [0.1, 0.15) is 31.8 Å². The van der Waals surface area contributed by atoms with Gasteiger partial charge in [0, 0.05) is 5.33 Å². The highest BCUT2D eigenvalue weighted by Crippen LogP contribution is 2.20. The number of hydrogen-bond donors (Lipinski definition) is 0. The van der Waals surface area contributed by atoms with Crippen molar-refractivity contribution in [2.45, 2.75) is 12.3 Å². The zero-order chi connectivity index (χ0) is 13.0. The highest BCUT2D eigenvalue weighted by atomic mass is 79.9. The lowest BCUT2D eigenvalue weighted by molar-refractivity contribution is 0.0597. The zero-order valence-electron chi connectivity index (χ0n) is 9.87. The molecule has 4 nitrogen and oxygen atoms in total. The fraction of sp³-hybridized carbons (Fsp3) is 0.333. The quantitative estimate of drug-likeness (QED) is 0.635. The van der Waals surface area contributed by atoms with Crippen LogP contribution in [0, 0.1) is 6.92 Å². The van der Waals surface area contributed by atoms with Crippen molar-refractivity contribution in [3.8, 4) is 0 Å². The minimum absolute atomic E-state index is 0.379. The number of ether oxygens (including phenoxy) is 2. The van der Waals surface area contributed by atoms with E-state index in [4.69, 9.17) is 0 Å². The first kappa shape index (κ1) is 13.7. The van der Waals surface area contributed by atoms with Crippen LogP contribution in [0.5, 0.6) is 0 Å². The summed E-state index contributed by atoms with van der Waals surface area (Å²) in [5.41, 5.74) is 2.14. The Labute approximate surface area is 108 Å². The van der Waals surface area contributed by atoms with E-state index in [2.05, 4.69) is 25.4 Å². The molecular weight excluding hydrogens is 288 g/mol. The number of rotatable bonds is 3. The zero-order valence-corrected chi connectivity index (χ0v) is 11.5. The summed E-state index contributed by atoms with van der Waals surface area (Å²) in [5, 5.41) is 0.543. The Hall–Kier alpha value is -1.36. The van der Waals surface area contributed by atoms with Crippen molar-refractivity contribution >= 4 is 27.9 Å². The maximum absolute atomic E-state index is 11.6. The van der Waals surface area contributed by atoms with Crippen LogP contribution in [-0.4, -0.2) is 26.2 Å². The maximum Gasteiger partial charge on any atom is 0.338 e. The Bertz CT molecular complexity index is 417. The fourth-order valence-corrected chi connectivity index (χ4v) is 1.82. The van der Waals surface area contributed by atoms with Gasteiger partial charge in [0.2, 0.25) is 0 Å². The summed E-state index contributed by atoms with van der Waals surface area (Å²) in [5.74, 6) is -0.925. The summed E-state index contributed by atoms with van der Waals surface area (Å²) < 4.78 is 9.36. The number of alkyl halides is 1. The van der Waals surface area contributed by atoms with Gasteiger partial charge in [0.25, 0.3) is 0 Å². The first-order valence-corrected chi connectivity index (χ1v) is 6.03. The second-order valence-corrected chi connectivity index (χ2v) is 3.99. The molecule has 0 N–H and O–H groups in total. The predicted octanol–water partition coefficient (Wildman–Crippen LogP) is 2.46. The van der Waals surface area contributed by atoms with Crippen LogP contribution in [0.3, 0.4) is 0 Å². The fourth-order valence-electron chi connectivity index (χ4n) is 1.50. The second kappa shape index (κ2) is 5.82. The minimum atomic E-state index is -0.463. The molecule has 17 heavy (non-hydrogen) atoms. The third-order valence-corrected chi connectivity index (χ3v) is 3.08. The number of halogens is 1. The molecule has 1 aromatic rings. The number of benzene rings is 1. The molecule has 0 radical (unpaired) electrons. The predicted molar refractivity (Wildman–Crippen MR) is 66.5 cm³/mol. The molecule has 0 bridgehead atoms. The lowest BCUT2D eigenvalue weighted by Gasteiger charge is -2.10. The van der Waals surface area contributed by atoms with Gasteiger partial charge < -0.3 is 9.47 Å². The monoisotopic (exact) mass is 300 g/mol. The van der Waals surface area contributed by atoms with Crippen molar-refractivity contribution in [3.05, 3.63) is 34.4 Å². The molecule has 0 aliphatic carbocycles. The Morgan fingerprint density at radius 1 is 1.12 bits per heavy atom. The van der Waals surface area contributed by atoms with Crippen molar-refractivity contribution in [1.82, 2.24) is 0 Å². The normalized spacial score (nSPS) is 9.88. The second-order valence-electron chi connectivity index (χ2n) is 3.43. The highest BCUT2D eigenvalue weighted by molar-refractivity contribution is 9.08. The van der Waals surface area contributed by atoms with E-state index in [9.17, 15) is 9.59 Å². The molecule has 0 saturated carbocycles. The first-order valence-electron chi connectivity index (χ1n) is 4.91. The van der Waals surface area contributed by atoms with Gasteiger partial charge in [-0.2, -0.15) is 0 Å². The molecule has 0 aliphatic rings. The smallest absolute Gasteiger partial charge is 0.338 e. The van der Waals surface area contributed by atoms with Gasteiger partial charge in [-0.1, -0.05) is 15.9 Å². The SMILES string of the molecule is COC(=O)c1cc(CBr)cc(C(=O)OC)c1C. The average molecular weight is 301 g/mol. The van der Waals surface area contributed by atoms with Gasteiger partial charge in [-0.15, -0.1) is 0 Å². The highest BCUT2D eigenvalue weighted by Gasteiger charge is 2.18. The van der Waals surface area contributed by atoms with Gasteiger partial charge in [-0.25, -0.2) is 9.59 Å². The summed E-state index contributed by atoms with van der Waals surface area (Å²) in [6, 6.07) is 3.39. The molecule has 0 aliphatic heterocycles. The van der Waals surface area contributed by atoms with Crippen LogP contribution < -0.4 is 0 Å². The van der Waals surface area contributed by atoms with Crippen molar-refractivity contribution in [1.29, 1.82) is 0 Å². The van der Waals surface area contributed by atoms with Gasteiger partial charge in [-0.05, 0) is 30.2 Å². The summed E-state index contributed by atoms with van der Waals surface area (Å²) in [6.45, 7) is 1.69. The maximum atomic E-state index is 11.6. The molecule has 0 unspecified atom stereocenters. The van der Waals surface area contributed by atoms with E-state index in [1.54, 1.807) is 19.1 Å². The summed E-state index contributed by atoms with van der Waals surface area (Å²) in [6.07, 6.45) is 0. The lowest BCUT2D eigenvalue weighted by Crippen LogP contribution is -2.11. The molecule has 0 fully saturated rings. The molecule has 0 amide bonds. The molecule has 0 heterocycles.